The van der Waals surface area contributed by atoms with Gasteiger partial charge < -0.3 is 4.90 Å². The lowest BCUT2D eigenvalue weighted by Gasteiger charge is -2.42. The molecular weight excluding hydrogens is 344 g/mol. The predicted molar refractivity (Wildman–Crippen MR) is 97.1 cm³/mol. The monoisotopic (exact) mass is 358 g/mol. The number of aliphatic imine (C=N–C) groups is 1. The smallest absolute Gasteiger partial charge is 0.203 e. The van der Waals surface area contributed by atoms with Crippen LogP contribution in [0.2, 0.25) is 0 Å². The molecule has 0 N–H and O–H groups in total. The van der Waals surface area contributed by atoms with Gasteiger partial charge in [0.25, 0.3) is 0 Å². The van der Waals surface area contributed by atoms with Crippen LogP contribution in [-0.4, -0.2) is 30.2 Å². The summed E-state index contributed by atoms with van der Waals surface area (Å²) in [6.07, 6.45) is 1.82. The van der Waals surface area contributed by atoms with Crippen molar-refractivity contribution in [3.8, 4) is 24.3 Å². The minimum Gasteiger partial charge on any atom is -0.357 e. The lowest BCUT2D eigenvalue weighted by molar-refractivity contribution is 0.232. The van der Waals surface area contributed by atoms with Crippen LogP contribution in [0.25, 0.3) is 0 Å². The van der Waals surface area contributed by atoms with Crippen molar-refractivity contribution < 1.29 is 0 Å². The summed E-state index contributed by atoms with van der Waals surface area (Å²) in [7, 11) is 3.64. The van der Waals surface area contributed by atoms with Gasteiger partial charge in [0.2, 0.25) is 5.41 Å². The molecule has 1 aliphatic heterocycles. The number of allylic oxidation sites excluding steroid dienone is 1. The van der Waals surface area contributed by atoms with Crippen LogP contribution < -0.4 is 0 Å². The normalized spacial score (nSPS) is 24.5. The van der Waals surface area contributed by atoms with Gasteiger partial charge in [0.05, 0.1) is 24.3 Å². The van der Waals surface area contributed by atoms with E-state index in [1.807, 2.05) is 62.6 Å². The fraction of sp³-hybridized carbons (Fsp3) is 0.316. The van der Waals surface area contributed by atoms with Gasteiger partial charge in [-0.2, -0.15) is 21.0 Å². The molecule has 2 aliphatic rings. The molecule has 1 aliphatic carbocycles. The summed E-state index contributed by atoms with van der Waals surface area (Å²) in [5.74, 6) is -0.700. The Bertz CT molecular complexity index is 937. The molecular formula is C19H14N6S. The van der Waals surface area contributed by atoms with Crippen LogP contribution in [0.3, 0.4) is 0 Å². The van der Waals surface area contributed by atoms with Crippen molar-refractivity contribution in [2.75, 3.05) is 14.1 Å². The highest BCUT2D eigenvalue weighted by molar-refractivity contribution is 8.17. The summed E-state index contributed by atoms with van der Waals surface area (Å²) in [4.78, 5) is 7.04. The molecule has 2 atom stereocenters. The zero-order chi connectivity index (χ0) is 18.9. The molecule has 1 heterocycles. The number of nitrogens with zero attached hydrogens (tertiary/aromatic N) is 6. The third kappa shape index (κ3) is 2.12. The molecule has 126 valence electrons. The minimum absolute atomic E-state index is 0.648. The number of fused-ring (bicyclic) bond motifs is 1. The highest BCUT2D eigenvalue weighted by atomic mass is 32.2. The van der Waals surface area contributed by atoms with Crippen LogP contribution in [0.5, 0.6) is 0 Å². The van der Waals surface area contributed by atoms with Gasteiger partial charge >= 0.3 is 0 Å². The average Bonchev–Trinajstić information content (AvgIpc) is 3.11. The maximum Gasteiger partial charge on any atom is 0.203 e. The van der Waals surface area contributed by atoms with Crippen molar-refractivity contribution >= 4 is 16.9 Å². The van der Waals surface area contributed by atoms with E-state index in [9.17, 15) is 21.0 Å². The standard InChI is InChI=1S/C19H14N6S/c1-25(2)17-24-16-15(26-17)8-14(13-6-4-3-5-7-13)18(9-20,10-21)19(16,11-22)12-23/h3-8,14,16H,1-2H3/t14-,16-/m1/s1. The second-order valence-electron chi connectivity index (χ2n) is 6.33. The van der Waals surface area contributed by atoms with E-state index in [1.165, 1.54) is 11.8 Å². The number of rotatable bonds is 1. The molecule has 26 heavy (non-hydrogen) atoms. The second-order valence-corrected chi connectivity index (χ2v) is 7.37. The van der Waals surface area contributed by atoms with Crippen LogP contribution in [0.15, 0.2) is 46.3 Å². The minimum atomic E-state index is -1.90. The van der Waals surface area contributed by atoms with E-state index in [1.54, 1.807) is 17.0 Å². The maximum atomic E-state index is 10.00. The summed E-state index contributed by atoms with van der Waals surface area (Å²) >= 11 is 1.37. The second kappa shape index (κ2) is 6.23. The molecule has 7 heteroatoms. The summed E-state index contributed by atoms with van der Waals surface area (Å²) in [5.41, 5.74) is -3.04. The lowest BCUT2D eigenvalue weighted by atomic mass is 9.53. The van der Waals surface area contributed by atoms with Crippen LogP contribution >= 0.6 is 11.8 Å². The Kier molecular flexibility index (Phi) is 4.21. The number of nitriles is 4. The largest absolute Gasteiger partial charge is 0.357 e. The summed E-state index contributed by atoms with van der Waals surface area (Å²) < 4.78 is 0. The van der Waals surface area contributed by atoms with E-state index in [-0.39, 0.29) is 0 Å². The molecule has 1 aromatic rings. The molecule has 0 spiro atoms. The van der Waals surface area contributed by atoms with Gasteiger partial charge in [0.15, 0.2) is 10.6 Å². The van der Waals surface area contributed by atoms with Gasteiger partial charge in [0.1, 0.15) is 6.04 Å². The van der Waals surface area contributed by atoms with Gasteiger partial charge in [0, 0.05) is 24.9 Å². The van der Waals surface area contributed by atoms with Crippen LogP contribution in [-0.2, 0) is 0 Å². The molecule has 0 amide bonds. The van der Waals surface area contributed by atoms with Crippen LogP contribution in [0, 0.1) is 56.2 Å². The highest BCUT2D eigenvalue weighted by Gasteiger charge is 2.67. The third-order valence-electron chi connectivity index (χ3n) is 4.79. The van der Waals surface area contributed by atoms with E-state index < -0.39 is 22.8 Å². The highest BCUT2D eigenvalue weighted by Crippen LogP contribution is 2.60. The van der Waals surface area contributed by atoms with Crippen molar-refractivity contribution in [1.29, 1.82) is 21.0 Å². The van der Waals surface area contributed by atoms with Crippen LogP contribution in [0.4, 0.5) is 0 Å². The van der Waals surface area contributed by atoms with Gasteiger partial charge in [-0.25, -0.2) is 0 Å². The first-order valence-electron chi connectivity index (χ1n) is 7.84. The molecule has 3 rings (SSSR count). The number of hydrogen-bond acceptors (Lipinski definition) is 7. The Hall–Kier alpha value is -3.26. The number of amidine groups is 1. The molecule has 0 aromatic heterocycles. The summed E-state index contributed by atoms with van der Waals surface area (Å²) in [6, 6.07) is 16.3. The van der Waals surface area contributed by atoms with E-state index in [0.717, 1.165) is 10.5 Å². The molecule has 0 saturated heterocycles. The predicted octanol–water partition coefficient (Wildman–Crippen LogP) is 2.77. The van der Waals surface area contributed by atoms with Gasteiger partial charge in [-0.05, 0) is 5.56 Å². The van der Waals surface area contributed by atoms with Gasteiger partial charge in [-0.3, -0.25) is 4.99 Å². The first-order valence-corrected chi connectivity index (χ1v) is 8.66. The topological polar surface area (TPSA) is 111 Å². The van der Waals surface area contributed by atoms with E-state index in [2.05, 4.69) is 4.99 Å². The van der Waals surface area contributed by atoms with Crippen molar-refractivity contribution in [3.05, 3.63) is 46.9 Å². The average molecular weight is 358 g/mol. The first kappa shape index (κ1) is 17.6. The first-order chi connectivity index (χ1) is 12.5. The molecule has 1 aromatic carbocycles. The Morgan fingerprint density at radius 2 is 1.54 bits per heavy atom. The van der Waals surface area contributed by atoms with Gasteiger partial charge in [-0.1, -0.05) is 48.2 Å². The molecule has 0 radical (unpaired) electrons. The van der Waals surface area contributed by atoms with E-state index >= 15 is 0 Å². The molecule has 0 bridgehead atoms. The van der Waals surface area contributed by atoms with Crippen molar-refractivity contribution in [2.45, 2.75) is 12.0 Å². The molecule has 6 nitrogen and oxygen atoms in total. The van der Waals surface area contributed by atoms with E-state index in [0.29, 0.717) is 5.17 Å². The molecule has 0 unspecified atom stereocenters. The number of thioether (sulfide) groups is 1. The van der Waals surface area contributed by atoms with Crippen molar-refractivity contribution in [1.82, 2.24) is 4.90 Å². The van der Waals surface area contributed by atoms with Gasteiger partial charge in [-0.15, -0.1) is 0 Å². The SMILES string of the molecule is CN(C)C1=N[C@@H]2C(=C[C@H](c3ccccc3)C(C#N)(C#N)C2(C#N)C#N)S1. The Morgan fingerprint density at radius 3 is 2.04 bits per heavy atom. The van der Waals surface area contributed by atoms with E-state index in [4.69, 9.17) is 0 Å². The zero-order valence-electron chi connectivity index (χ0n) is 14.2. The third-order valence-corrected chi connectivity index (χ3v) is 6.04. The summed E-state index contributed by atoms with van der Waals surface area (Å²) in [5, 5.41) is 40.6. The number of benzene rings is 1. The fourth-order valence-electron chi connectivity index (χ4n) is 3.42. The van der Waals surface area contributed by atoms with Crippen molar-refractivity contribution in [3.63, 3.8) is 0 Å². The quantitative estimate of drug-likeness (QED) is 0.763. The Morgan fingerprint density at radius 1 is 0.962 bits per heavy atom. The Labute approximate surface area is 156 Å². The number of hydrogen-bond donors (Lipinski definition) is 0. The maximum absolute atomic E-state index is 10.00. The fourth-order valence-corrected chi connectivity index (χ4v) is 4.52. The van der Waals surface area contributed by atoms with Crippen molar-refractivity contribution in [2.24, 2.45) is 15.8 Å². The molecule has 0 fully saturated rings. The van der Waals surface area contributed by atoms with Crippen LogP contribution in [0.1, 0.15) is 11.5 Å². The lowest BCUT2D eigenvalue weighted by Crippen LogP contribution is -2.51. The zero-order valence-corrected chi connectivity index (χ0v) is 15.0. The summed E-state index contributed by atoms with van der Waals surface area (Å²) in [6.45, 7) is 0. The molecule has 0 saturated carbocycles. The Balaban J connectivity index is 2.34.